The van der Waals surface area contributed by atoms with Gasteiger partial charge in [-0.15, -0.1) is 6.58 Å². The number of hydrogen-bond donors (Lipinski definition) is 1. The molecule has 0 heterocycles. The maximum Gasteiger partial charge on any atom is 0.119 e. The first-order valence-electron chi connectivity index (χ1n) is 5.22. The molecule has 0 saturated heterocycles. The van der Waals surface area contributed by atoms with Gasteiger partial charge in [0.15, 0.2) is 0 Å². The first-order chi connectivity index (χ1) is 7.09. The van der Waals surface area contributed by atoms with Crippen molar-refractivity contribution >= 4 is 0 Å². The summed E-state index contributed by atoms with van der Waals surface area (Å²) in [4.78, 5) is 0. The molecule has 0 aliphatic carbocycles. The van der Waals surface area contributed by atoms with Crippen LogP contribution in [-0.4, -0.2) is 6.61 Å². The van der Waals surface area contributed by atoms with E-state index in [1.807, 2.05) is 38.1 Å². The van der Waals surface area contributed by atoms with Gasteiger partial charge in [0.1, 0.15) is 5.75 Å². The summed E-state index contributed by atoms with van der Waals surface area (Å²) in [6, 6.07) is 7.97. The van der Waals surface area contributed by atoms with Gasteiger partial charge in [-0.3, -0.25) is 0 Å². The molecule has 0 aliphatic rings. The summed E-state index contributed by atoms with van der Waals surface area (Å²) in [6.07, 6.45) is 0.891. The molecule has 0 fully saturated rings. The fourth-order valence-corrected chi connectivity index (χ4v) is 1.23. The highest BCUT2D eigenvalue weighted by atomic mass is 16.5. The van der Waals surface area contributed by atoms with E-state index in [1.165, 1.54) is 0 Å². The van der Waals surface area contributed by atoms with Gasteiger partial charge in [0.05, 0.1) is 6.61 Å². The van der Waals surface area contributed by atoms with Gasteiger partial charge in [0.2, 0.25) is 0 Å². The van der Waals surface area contributed by atoms with E-state index in [0.29, 0.717) is 6.61 Å². The second kappa shape index (κ2) is 5.56. The molecule has 2 nitrogen and oxygen atoms in total. The van der Waals surface area contributed by atoms with Gasteiger partial charge in [0, 0.05) is 12.5 Å². The Bertz CT molecular complexity index is 331. The number of rotatable bonds is 5. The lowest BCUT2D eigenvalue weighted by atomic mass is 10.1. The lowest BCUT2D eigenvalue weighted by Gasteiger charge is -2.09. The Kier molecular flexibility index (Phi) is 4.37. The van der Waals surface area contributed by atoms with Crippen LogP contribution in [0.2, 0.25) is 0 Å². The van der Waals surface area contributed by atoms with E-state index in [0.717, 1.165) is 23.3 Å². The molecule has 1 aromatic rings. The molecule has 0 saturated carbocycles. The Hall–Kier alpha value is -1.28. The topological polar surface area (TPSA) is 35.2 Å². The minimum atomic E-state index is 0.0506. The smallest absolute Gasteiger partial charge is 0.119 e. The van der Waals surface area contributed by atoms with Crippen LogP contribution in [0.4, 0.5) is 0 Å². The van der Waals surface area contributed by atoms with Crippen LogP contribution in [0.1, 0.15) is 31.9 Å². The van der Waals surface area contributed by atoms with Crippen molar-refractivity contribution in [3.8, 4) is 5.75 Å². The van der Waals surface area contributed by atoms with E-state index >= 15 is 0 Å². The van der Waals surface area contributed by atoms with Crippen LogP contribution in [0.25, 0.3) is 0 Å². The molecular formula is C13H19NO. The summed E-state index contributed by atoms with van der Waals surface area (Å²) in [7, 11) is 0. The molecule has 2 N–H and O–H groups in total. The summed E-state index contributed by atoms with van der Waals surface area (Å²) in [6.45, 7) is 8.48. The minimum Gasteiger partial charge on any atom is -0.493 e. The van der Waals surface area contributed by atoms with E-state index in [-0.39, 0.29) is 6.04 Å². The fraction of sp³-hybridized carbons (Fsp3) is 0.385. The Morgan fingerprint density at radius 3 is 2.87 bits per heavy atom. The van der Waals surface area contributed by atoms with Crippen molar-refractivity contribution in [2.45, 2.75) is 26.3 Å². The van der Waals surface area contributed by atoms with Crippen molar-refractivity contribution in [3.63, 3.8) is 0 Å². The van der Waals surface area contributed by atoms with Crippen LogP contribution in [0, 0.1) is 0 Å². The molecule has 0 aliphatic heterocycles. The van der Waals surface area contributed by atoms with Gasteiger partial charge in [-0.1, -0.05) is 17.7 Å². The number of hydrogen-bond acceptors (Lipinski definition) is 2. The maximum atomic E-state index is 5.79. The summed E-state index contributed by atoms with van der Waals surface area (Å²) >= 11 is 0. The zero-order valence-electron chi connectivity index (χ0n) is 9.49. The first-order valence-corrected chi connectivity index (χ1v) is 5.22. The largest absolute Gasteiger partial charge is 0.493 e. The normalized spacial score (nSPS) is 12.2. The zero-order chi connectivity index (χ0) is 11.3. The van der Waals surface area contributed by atoms with Gasteiger partial charge < -0.3 is 10.5 Å². The average molecular weight is 205 g/mol. The van der Waals surface area contributed by atoms with Gasteiger partial charge in [-0.25, -0.2) is 0 Å². The van der Waals surface area contributed by atoms with Gasteiger partial charge in [-0.05, 0) is 31.5 Å². The summed E-state index contributed by atoms with van der Waals surface area (Å²) in [5.41, 5.74) is 8.03. The second-order valence-electron chi connectivity index (χ2n) is 3.92. The molecule has 82 valence electrons. The van der Waals surface area contributed by atoms with Crippen LogP contribution in [0.3, 0.4) is 0 Å². The predicted octanol–water partition coefficient (Wildman–Crippen LogP) is 3.05. The van der Waals surface area contributed by atoms with E-state index in [9.17, 15) is 0 Å². The number of benzene rings is 1. The third kappa shape index (κ3) is 4.17. The standard InChI is InChI=1S/C13H19NO/c1-10(2)7-8-15-13-6-4-5-12(9-13)11(3)14/h4-6,9,11H,1,7-8,14H2,2-3H3/t11-/m0/s1. The zero-order valence-corrected chi connectivity index (χ0v) is 9.49. The molecule has 2 heteroatoms. The average Bonchev–Trinajstić information content (AvgIpc) is 2.17. The van der Waals surface area contributed by atoms with Crippen molar-refractivity contribution in [2.24, 2.45) is 5.73 Å². The quantitative estimate of drug-likeness (QED) is 0.750. The Balaban J connectivity index is 2.54. The summed E-state index contributed by atoms with van der Waals surface area (Å²) < 4.78 is 5.59. The highest BCUT2D eigenvalue weighted by Crippen LogP contribution is 2.17. The van der Waals surface area contributed by atoms with Crippen LogP contribution in [0.5, 0.6) is 5.75 Å². The van der Waals surface area contributed by atoms with Crippen LogP contribution in [0.15, 0.2) is 36.4 Å². The molecule has 0 aromatic heterocycles. The minimum absolute atomic E-state index is 0.0506. The van der Waals surface area contributed by atoms with E-state index in [1.54, 1.807) is 0 Å². The predicted molar refractivity (Wildman–Crippen MR) is 64.0 cm³/mol. The molecule has 15 heavy (non-hydrogen) atoms. The molecule has 1 atom stereocenters. The van der Waals surface area contributed by atoms with Crippen molar-refractivity contribution in [2.75, 3.05) is 6.61 Å². The fourth-order valence-electron chi connectivity index (χ4n) is 1.23. The second-order valence-corrected chi connectivity index (χ2v) is 3.92. The molecule has 0 bridgehead atoms. The van der Waals surface area contributed by atoms with Crippen molar-refractivity contribution in [1.29, 1.82) is 0 Å². The van der Waals surface area contributed by atoms with Gasteiger partial charge in [0.25, 0.3) is 0 Å². The lowest BCUT2D eigenvalue weighted by Crippen LogP contribution is -2.05. The molecule has 1 aromatic carbocycles. The lowest BCUT2D eigenvalue weighted by molar-refractivity contribution is 0.321. The van der Waals surface area contributed by atoms with Crippen molar-refractivity contribution < 1.29 is 4.74 Å². The number of ether oxygens (including phenoxy) is 1. The van der Waals surface area contributed by atoms with E-state index in [2.05, 4.69) is 6.58 Å². The molecule has 0 spiro atoms. The summed E-state index contributed by atoms with van der Waals surface area (Å²) in [5.74, 6) is 0.881. The van der Waals surface area contributed by atoms with Crippen molar-refractivity contribution in [1.82, 2.24) is 0 Å². The third-order valence-corrected chi connectivity index (χ3v) is 2.18. The van der Waals surface area contributed by atoms with E-state index in [4.69, 9.17) is 10.5 Å². The summed E-state index contributed by atoms with van der Waals surface area (Å²) in [5, 5.41) is 0. The van der Waals surface area contributed by atoms with Crippen LogP contribution >= 0.6 is 0 Å². The van der Waals surface area contributed by atoms with Gasteiger partial charge in [-0.2, -0.15) is 0 Å². The molecule has 0 amide bonds. The first kappa shape index (κ1) is 11.8. The number of nitrogens with two attached hydrogens (primary N) is 1. The Morgan fingerprint density at radius 1 is 1.53 bits per heavy atom. The maximum absolute atomic E-state index is 5.79. The third-order valence-electron chi connectivity index (χ3n) is 2.18. The van der Waals surface area contributed by atoms with Crippen LogP contribution in [-0.2, 0) is 0 Å². The molecule has 0 unspecified atom stereocenters. The SMILES string of the molecule is C=C(C)CCOc1cccc([C@H](C)N)c1. The van der Waals surface area contributed by atoms with Gasteiger partial charge >= 0.3 is 0 Å². The molecule has 0 radical (unpaired) electrons. The Labute approximate surface area is 91.7 Å². The molecular weight excluding hydrogens is 186 g/mol. The molecule has 1 rings (SSSR count). The van der Waals surface area contributed by atoms with E-state index < -0.39 is 0 Å². The Morgan fingerprint density at radius 2 is 2.27 bits per heavy atom. The highest BCUT2D eigenvalue weighted by Gasteiger charge is 2.00. The van der Waals surface area contributed by atoms with Crippen LogP contribution < -0.4 is 10.5 Å². The monoisotopic (exact) mass is 205 g/mol. The highest BCUT2D eigenvalue weighted by molar-refractivity contribution is 5.30. The van der Waals surface area contributed by atoms with Crippen molar-refractivity contribution in [3.05, 3.63) is 42.0 Å².